The number of fused-ring (bicyclic) bond motifs is 1. The molecule has 1 aromatic heterocycles. The van der Waals surface area contributed by atoms with Gasteiger partial charge in [-0.25, -0.2) is 4.98 Å². The van der Waals surface area contributed by atoms with Crippen LogP contribution in [0, 0.1) is 10.1 Å². The molecule has 3 aromatic rings. The predicted molar refractivity (Wildman–Crippen MR) is 80.6 cm³/mol. The Balaban J connectivity index is 2.33. The highest BCUT2D eigenvalue weighted by Gasteiger charge is 2.15. The maximum atomic E-state index is 12.4. The molecule has 1 heterocycles. The third-order valence-corrected chi connectivity index (χ3v) is 3.24. The largest absolute Gasteiger partial charge is 0.412 e. The number of non-ortho nitro benzene ring substituents is 1. The van der Waals surface area contributed by atoms with Crippen LogP contribution in [0.15, 0.2) is 53.3 Å². The second-order valence-corrected chi connectivity index (χ2v) is 4.54. The fraction of sp³-hybridized carbons (Fsp3) is 0.0667. The highest BCUT2D eigenvalue weighted by molar-refractivity contribution is 5.79. The van der Waals surface area contributed by atoms with Crippen molar-refractivity contribution < 1.29 is 9.76 Å². The van der Waals surface area contributed by atoms with Crippen LogP contribution in [0.1, 0.15) is 0 Å². The normalized spacial score (nSPS) is 10.6. The van der Waals surface area contributed by atoms with Crippen molar-refractivity contribution >= 4 is 16.6 Å². The Bertz CT molecular complexity index is 933. The SMILES string of the molecule is COn1c(-c2cccc([N+](=O)[O-])c2)nc2ccccc2c1=O. The fourth-order valence-corrected chi connectivity index (χ4v) is 2.23. The van der Waals surface area contributed by atoms with E-state index >= 15 is 0 Å². The summed E-state index contributed by atoms with van der Waals surface area (Å²) in [6.07, 6.45) is 0. The molecule has 0 aliphatic rings. The van der Waals surface area contributed by atoms with Crippen LogP contribution in [0.2, 0.25) is 0 Å². The molecule has 3 rings (SSSR count). The van der Waals surface area contributed by atoms with Gasteiger partial charge >= 0.3 is 0 Å². The van der Waals surface area contributed by atoms with E-state index in [1.54, 1.807) is 30.3 Å². The molecule has 2 aromatic carbocycles. The van der Waals surface area contributed by atoms with Crippen molar-refractivity contribution in [2.24, 2.45) is 0 Å². The minimum absolute atomic E-state index is 0.0810. The first-order chi connectivity index (χ1) is 10.6. The van der Waals surface area contributed by atoms with Gasteiger partial charge in [-0.3, -0.25) is 14.9 Å². The van der Waals surface area contributed by atoms with Crippen molar-refractivity contribution in [1.29, 1.82) is 0 Å². The Hall–Kier alpha value is -3.22. The van der Waals surface area contributed by atoms with Gasteiger partial charge in [-0.05, 0) is 12.1 Å². The van der Waals surface area contributed by atoms with E-state index in [9.17, 15) is 14.9 Å². The molecule has 110 valence electrons. The highest BCUT2D eigenvalue weighted by atomic mass is 16.7. The summed E-state index contributed by atoms with van der Waals surface area (Å²) in [5.41, 5.74) is 0.485. The Labute approximate surface area is 124 Å². The first kappa shape index (κ1) is 13.7. The second-order valence-electron chi connectivity index (χ2n) is 4.54. The van der Waals surface area contributed by atoms with Crippen molar-refractivity contribution in [1.82, 2.24) is 9.71 Å². The lowest BCUT2D eigenvalue weighted by Crippen LogP contribution is -2.27. The van der Waals surface area contributed by atoms with Gasteiger partial charge in [0.25, 0.3) is 11.2 Å². The third-order valence-electron chi connectivity index (χ3n) is 3.24. The number of nitro benzene ring substituents is 1. The van der Waals surface area contributed by atoms with Crippen LogP contribution >= 0.6 is 0 Å². The van der Waals surface area contributed by atoms with E-state index in [1.165, 1.54) is 25.3 Å². The molecular formula is C15H11N3O4. The van der Waals surface area contributed by atoms with Crippen molar-refractivity contribution in [2.75, 3.05) is 7.11 Å². The van der Waals surface area contributed by atoms with Gasteiger partial charge in [0.1, 0.15) is 7.11 Å². The Kier molecular flexibility index (Phi) is 3.30. The quantitative estimate of drug-likeness (QED) is 0.545. The number of hydrogen-bond acceptors (Lipinski definition) is 5. The summed E-state index contributed by atoms with van der Waals surface area (Å²) in [5.74, 6) is 0.218. The predicted octanol–water partition coefficient (Wildman–Crippen LogP) is 2.03. The molecule has 0 aliphatic carbocycles. The van der Waals surface area contributed by atoms with Crippen molar-refractivity contribution in [3.63, 3.8) is 0 Å². The van der Waals surface area contributed by atoms with Crippen LogP contribution in [0.3, 0.4) is 0 Å². The van der Waals surface area contributed by atoms with Crippen LogP contribution in [-0.2, 0) is 0 Å². The zero-order chi connectivity index (χ0) is 15.7. The number of hydrogen-bond donors (Lipinski definition) is 0. The lowest BCUT2D eigenvalue weighted by atomic mass is 10.1. The van der Waals surface area contributed by atoms with E-state index in [4.69, 9.17) is 4.84 Å². The van der Waals surface area contributed by atoms with Crippen LogP contribution in [-0.4, -0.2) is 21.7 Å². The minimum atomic E-state index is -0.500. The van der Waals surface area contributed by atoms with Crippen LogP contribution < -0.4 is 10.4 Å². The van der Waals surface area contributed by atoms with Gasteiger partial charge < -0.3 is 4.84 Å². The summed E-state index contributed by atoms with van der Waals surface area (Å²) in [6, 6.07) is 12.8. The molecule has 7 nitrogen and oxygen atoms in total. The third kappa shape index (κ3) is 2.18. The summed E-state index contributed by atoms with van der Waals surface area (Å²) >= 11 is 0. The van der Waals surface area contributed by atoms with Gasteiger partial charge in [-0.15, -0.1) is 4.73 Å². The average Bonchev–Trinajstić information content (AvgIpc) is 2.55. The van der Waals surface area contributed by atoms with E-state index in [0.29, 0.717) is 16.5 Å². The van der Waals surface area contributed by atoms with E-state index in [0.717, 1.165) is 4.73 Å². The van der Waals surface area contributed by atoms with E-state index in [-0.39, 0.29) is 17.1 Å². The molecule has 7 heteroatoms. The summed E-state index contributed by atoms with van der Waals surface area (Å²) in [4.78, 5) is 32.3. The molecule has 0 atom stereocenters. The van der Waals surface area contributed by atoms with Crippen LogP contribution in [0.5, 0.6) is 0 Å². The molecule has 0 fully saturated rings. The zero-order valence-electron chi connectivity index (χ0n) is 11.6. The van der Waals surface area contributed by atoms with Crippen molar-refractivity contribution in [2.45, 2.75) is 0 Å². The molecule has 22 heavy (non-hydrogen) atoms. The Morgan fingerprint density at radius 1 is 1.18 bits per heavy atom. The lowest BCUT2D eigenvalue weighted by molar-refractivity contribution is -0.384. The van der Waals surface area contributed by atoms with Crippen LogP contribution in [0.4, 0.5) is 5.69 Å². The monoisotopic (exact) mass is 297 g/mol. The molecule has 0 aliphatic heterocycles. The molecular weight excluding hydrogens is 286 g/mol. The molecule has 0 spiro atoms. The van der Waals surface area contributed by atoms with Crippen molar-refractivity contribution in [3.8, 4) is 11.4 Å². The van der Waals surface area contributed by atoms with Crippen molar-refractivity contribution in [3.05, 3.63) is 69.0 Å². The van der Waals surface area contributed by atoms with Crippen LogP contribution in [0.25, 0.3) is 22.3 Å². The van der Waals surface area contributed by atoms with E-state index < -0.39 is 4.92 Å². The van der Waals surface area contributed by atoms with Gasteiger partial charge in [-0.1, -0.05) is 24.3 Å². The molecule has 0 radical (unpaired) electrons. The van der Waals surface area contributed by atoms with Gasteiger partial charge in [0, 0.05) is 17.7 Å². The van der Waals surface area contributed by atoms with Gasteiger partial charge in [-0.2, -0.15) is 0 Å². The van der Waals surface area contributed by atoms with Gasteiger partial charge in [0.15, 0.2) is 5.82 Å². The summed E-state index contributed by atoms with van der Waals surface area (Å²) in [7, 11) is 1.35. The molecule has 0 amide bonds. The molecule has 0 N–H and O–H groups in total. The van der Waals surface area contributed by atoms with Gasteiger partial charge in [0.2, 0.25) is 0 Å². The molecule has 0 unspecified atom stereocenters. The minimum Gasteiger partial charge on any atom is -0.412 e. The molecule has 0 saturated heterocycles. The second kappa shape index (κ2) is 5.28. The first-order valence-corrected chi connectivity index (χ1v) is 6.43. The number of aromatic nitrogens is 2. The topological polar surface area (TPSA) is 87.3 Å². The number of benzene rings is 2. The summed E-state index contributed by atoms with van der Waals surface area (Å²) < 4.78 is 1.03. The standard InChI is InChI=1S/C15H11N3O4/c1-22-17-14(10-5-4-6-11(9-10)18(20)21)16-13-8-3-2-7-12(13)15(17)19/h2-9H,1H3. The van der Waals surface area contributed by atoms with Gasteiger partial charge in [0.05, 0.1) is 15.8 Å². The number of rotatable bonds is 3. The number of para-hydroxylation sites is 1. The maximum absolute atomic E-state index is 12.4. The molecule has 0 bridgehead atoms. The smallest absolute Gasteiger partial charge is 0.294 e. The summed E-state index contributed by atoms with van der Waals surface area (Å²) in [6.45, 7) is 0. The van der Waals surface area contributed by atoms with E-state index in [1.807, 2.05) is 0 Å². The first-order valence-electron chi connectivity index (χ1n) is 6.43. The molecule has 0 saturated carbocycles. The Morgan fingerprint density at radius 3 is 2.68 bits per heavy atom. The highest BCUT2D eigenvalue weighted by Crippen LogP contribution is 2.22. The number of nitro groups is 1. The zero-order valence-corrected chi connectivity index (χ0v) is 11.6. The van der Waals surface area contributed by atoms with E-state index in [2.05, 4.69) is 4.98 Å². The number of nitrogens with zero attached hydrogens (tertiary/aromatic N) is 3. The summed E-state index contributed by atoms with van der Waals surface area (Å²) in [5, 5.41) is 11.3. The average molecular weight is 297 g/mol. The fourth-order valence-electron chi connectivity index (χ4n) is 2.23. The Morgan fingerprint density at radius 2 is 1.95 bits per heavy atom. The lowest BCUT2D eigenvalue weighted by Gasteiger charge is -2.11. The maximum Gasteiger partial charge on any atom is 0.294 e.